The van der Waals surface area contributed by atoms with Gasteiger partial charge in [0.25, 0.3) is 0 Å². The maximum absolute atomic E-state index is 12.0. The highest BCUT2D eigenvalue weighted by atomic mass is 35.5. The van der Waals surface area contributed by atoms with Crippen LogP contribution in [0.15, 0.2) is 18.2 Å². The molecule has 7 heteroatoms. The lowest BCUT2D eigenvalue weighted by Crippen LogP contribution is -2.30. The van der Waals surface area contributed by atoms with Crippen LogP contribution in [0.4, 0.5) is 5.69 Å². The van der Waals surface area contributed by atoms with Gasteiger partial charge in [0.15, 0.2) is 0 Å². The van der Waals surface area contributed by atoms with Gasteiger partial charge in [-0.25, -0.2) is 12.7 Å². The summed E-state index contributed by atoms with van der Waals surface area (Å²) in [5.41, 5.74) is 6.90. The van der Waals surface area contributed by atoms with E-state index in [1.54, 1.807) is 18.2 Å². The standard InChI is InChI=1S/C12H19ClN2O3S/c1-3-18-6-7-19(16,17)15(2)9-10-8-11(14)4-5-12(10)13/h4-5,8H,3,6-7,9,14H2,1-2H3. The van der Waals surface area contributed by atoms with E-state index >= 15 is 0 Å². The van der Waals surface area contributed by atoms with Crippen LogP contribution in [0, 0.1) is 0 Å². The largest absolute Gasteiger partial charge is 0.399 e. The zero-order valence-electron chi connectivity index (χ0n) is 11.1. The second kappa shape index (κ2) is 7.09. The molecule has 0 saturated carbocycles. The first-order valence-corrected chi connectivity index (χ1v) is 7.91. The average molecular weight is 307 g/mol. The molecule has 0 radical (unpaired) electrons. The summed E-state index contributed by atoms with van der Waals surface area (Å²) in [5, 5.41) is 0.501. The molecule has 0 heterocycles. The lowest BCUT2D eigenvalue weighted by molar-refractivity contribution is 0.162. The third-order valence-corrected chi connectivity index (χ3v) is 4.76. The van der Waals surface area contributed by atoms with Crippen LogP contribution in [0.5, 0.6) is 0 Å². The van der Waals surface area contributed by atoms with Gasteiger partial charge in [0, 0.05) is 30.9 Å². The van der Waals surface area contributed by atoms with Crippen molar-refractivity contribution in [2.45, 2.75) is 13.5 Å². The van der Waals surface area contributed by atoms with Gasteiger partial charge in [-0.2, -0.15) is 0 Å². The molecular formula is C12H19ClN2O3S. The summed E-state index contributed by atoms with van der Waals surface area (Å²) >= 11 is 6.02. The van der Waals surface area contributed by atoms with Gasteiger partial charge in [0.2, 0.25) is 10.0 Å². The lowest BCUT2D eigenvalue weighted by atomic mass is 10.2. The SMILES string of the molecule is CCOCCS(=O)(=O)N(C)Cc1cc(N)ccc1Cl. The molecule has 0 bridgehead atoms. The predicted octanol–water partition coefficient (Wildman–Crippen LogP) is 1.72. The van der Waals surface area contributed by atoms with Crippen molar-refractivity contribution < 1.29 is 13.2 Å². The summed E-state index contributed by atoms with van der Waals surface area (Å²) in [5.74, 6) is -0.0444. The molecule has 0 saturated heterocycles. The number of halogens is 1. The van der Waals surface area contributed by atoms with E-state index in [0.29, 0.717) is 22.9 Å². The van der Waals surface area contributed by atoms with Gasteiger partial charge in [0.1, 0.15) is 0 Å². The number of sulfonamides is 1. The smallest absolute Gasteiger partial charge is 0.216 e. The number of benzene rings is 1. The Bertz CT molecular complexity index is 520. The van der Waals surface area contributed by atoms with Gasteiger partial charge in [-0.15, -0.1) is 0 Å². The van der Waals surface area contributed by atoms with Crippen molar-refractivity contribution in [3.8, 4) is 0 Å². The first-order valence-electron chi connectivity index (χ1n) is 5.92. The topological polar surface area (TPSA) is 72.6 Å². The number of nitrogens with two attached hydrogens (primary N) is 1. The maximum atomic E-state index is 12.0. The molecule has 5 nitrogen and oxygen atoms in total. The summed E-state index contributed by atoms with van der Waals surface area (Å²) in [6, 6.07) is 5.01. The molecule has 1 aromatic rings. The fourth-order valence-electron chi connectivity index (χ4n) is 1.52. The van der Waals surface area contributed by atoms with Crippen LogP contribution in [0.3, 0.4) is 0 Å². The first kappa shape index (κ1) is 16.2. The minimum atomic E-state index is -3.35. The molecule has 0 unspecified atom stereocenters. The summed E-state index contributed by atoms with van der Waals surface area (Å²) in [6.45, 7) is 2.70. The summed E-state index contributed by atoms with van der Waals surface area (Å²) < 4.78 is 30.3. The third-order valence-electron chi connectivity index (χ3n) is 2.63. The van der Waals surface area contributed by atoms with E-state index in [9.17, 15) is 8.42 Å². The molecular weight excluding hydrogens is 288 g/mol. The predicted molar refractivity (Wildman–Crippen MR) is 77.6 cm³/mol. The van der Waals surface area contributed by atoms with Crippen LogP contribution in [-0.4, -0.2) is 38.7 Å². The average Bonchev–Trinajstić information content (AvgIpc) is 2.34. The highest BCUT2D eigenvalue weighted by Crippen LogP contribution is 2.21. The van der Waals surface area contributed by atoms with Crippen molar-refractivity contribution in [3.63, 3.8) is 0 Å². The number of hydrogen-bond donors (Lipinski definition) is 1. The number of ether oxygens (including phenoxy) is 1. The molecule has 0 atom stereocenters. The molecule has 19 heavy (non-hydrogen) atoms. The molecule has 0 spiro atoms. The quantitative estimate of drug-likeness (QED) is 0.615. The summed E-state index contributed by atoms with van der Waals surface area (Å²) in [6.07, 6.45) is 0. The second-order valence-corrected chi connectivity index (χ2v) is 6.72. The first-order chi connectivity index (χ1) is 8.86. The van der Waals surface area contributed by atoms with Gasteiger partial charge in [-0.05, 0) is 30.7 Å². The highest BCUT2D eigenvalue weighted by Gasteiger charge is 2.18. The number of anilines is 1. The maximum Gasteiger partial charge on any atom is 0.216 e. The van der Waals surface area contributed by atoms with Gasteiger partial charge in [-0.3, -0.25) is 0 Å². The van der Waals surface area contributed by atoms with Gasteiger partial charge >= 0.3 is 0 Å². The number of rotatable bonds is 7. The van der Waals surface area contributed by atoms with Crippen LogP contribution in [-0.2, 0) is 21.3 Å². The number of nitrogen functional groups attached to an aromatic ring is 1. The fraction of sp³-hybridized carbons (Fsp3) is 0.500. The Morgan fingerprint density at radius 3 is 2.74 bits per heavy atom. The molecule has 0 fully saturated rings. The highest BCUT2D eigenvalue weighted by molar-refractivity contribution is 7.89. The molecule has 0 aliphatic rings. The number of nitrogens with zero attached hydrogens (tertiary/aromatic N) is 1. The molecule has 2 N–H and O–H groups in total. The Kier molecular flexibility index (Phi) is 6.06. The zero-order valence-corrected chi connectivity index (χ0v) is 12.7. The van der Waals surface area contributed by atoms with Crippen molar-refractivity contribution in [1.29, 1.82) is 0 Å². The van der Waals surface area contributed by atoms with Crippen molar-refractivity contribution in [2.24, 2.45) is 0 Å². The van der Waals surface area contributed by atoms with Gasteiger partial charge in [0.05, 0.1) is 12.4 Å². The minimum absolute atomic E-state index is 0.0444. The molecule has 108 valence electrons. The Labute approximate surface area is 119 Å². The van der Waals surface area contributed by atoms with E-state index in [1.165, 1.54) is 11.4 Å². The van der Waals surface area contributed by atoms with E-state index in [1.807, 2.05) is 6.92 Å². The third kappa shape index (κ3) is 4.99. The number of hydrogen-bond acceptors (Lipinski definition) is 4. The van der Waals surface area contributed by atoms with Gasteiger partial charge < -0.3 is 10.5 Å². The summed E-state index contributed by atoms with van der Waals surface area (Å²) in [4.78, 5) is 0. The Balaban J connectivity index is 2.73. The van der Waals surface area contributed by atoms with E-state index in [-0.39, 0.29) is 18.9 Å². The van der Waals surface area contributed by atoms with Crippen LogP contribution >= 0.6 is 11.6 Å². The van der Waals surface area contributed by atoms with E-state index < -0.39 is 10.0 Å². The Morgan fingerprint density at radius 2 is 2.11 bits per heavy atom. The van der Waals surface area contributed by atoms with E-state index in [4.69, 9.17) is 22.1 Å². The molecule has 0 amide bonds. The monoisotopic (exact) mass is 306 g/mol. The van der Waals surface area contributed by atoms with Gasteiger partial charge in [-0.1, -0.05) is 11.6 Å². The Morgan fingerprint density at radius 1 is 1.42 bits per heavy atom. The normalized spacial score (nSPS) is 12.0. The van der Waals surface area contributed by atoms with Crippen molar-refractivity contribution in [1.82, 2.24) is 4.31 Å². The van der Waals surface area contributed by atoms with Crippen LogP contribution in [0.1, 0.15) is 12.5 Å². The fourth-order valence-corrected chi connectivity index (χ4v) is 2.67. The minimum Gasteiger partial charge on any atom is -0.399 e. The molecule has 0 aliphatic carbocycles. The molecule has 1 aromatic carbocycles. The van der Waals surface area contributed by atoms with Crippen molar-refractivity contribution in [2.75, 3.05) is 31.7 Å². The van der Waals surface area contributed by atoms with Crippen molar-refractivity contribution >= 4 is 27.3 Å². The van der Waals surface area contributed by atoms with E-state index in [2.05, 4.69) is 0 Å². The van der Waals surface area contributed by atoms with Crippen LogP contribution < -0.4 is 5.73 Å². The lowest BCUT2D eigenvalue weighted by Gasteiger charge is -2.18. The van der Waals surface area contributed by atoms with Crippen molar-refractivity contribution in [3.05, 3.63) is 28.8 Å². The molecule has 1 rings (SSSR count). The second-order valence-electron chi connectivity index (χ2n) is 4.12. The molecule has 0 aliphatic heterocycles. The zero-order chi connectivity index (χ0) is 14.5. The van der Waals surface area contributed by atoms with Crippen LogP contribution in [0.2, 0.25) is 5.02 Å². The Hall–Kier alpha value is -0.820. The summed E-state index contributed by atoms with van der Waals surface area (Å²) in [7, 11) is -1.84. The van der Waals surface area contributed by atoms with Crippen LogP contribution in [0.25, 0.3) is 0 Å². The van der Waals surface area contributed by atoms with E-state index in [0.717, 1.165) is 0 Å². The molecule has 0 aromatic heterocycles.